The number of para-hydroxylation sites is 1. The van der Waals surface area contributed by atoms with Crippen molar-refractivity contribution in [3.8, 4) is 10.8 Å². The SMILES string of the molecule is CC(C)OC(=O)CCNC(=O)c1ccc(-c2nc3ccccc3s2)o1. The summed E-state index contributed by atoms with van der Waals surface area (Å²) in [7, 11) is 0. The lowest BCUT2D eigenvalue weighted by molar-refractivity contribution is -0.147. The molecule has 0 fully saturated rings. The van der Waals surface area contributed by atoms with Gasteiger partial charge in [0.2, 0.25) is 0 Å². The van der Waals surface area contributed by atoms with Crippen molar-refractivity contribution in [1.82, 2.24) is 10.3 Å². The number of esters is 1. The van der Waals surface area contributed by atoms with Gasteiger partial charge in [0, 0.05) is 6.54 Å². The Hall–Kier alpha value is -2.67. The summed E-state index contributed by atoms with van der Waals surface area (Å²) in [5.41, 5.74) is 0.897. The van der Waals surface area contributed by atoms with E-state index in [0.717, 1.165) is 15.2 Å². The average Bonchev–Trinajstić information content (AvgIpc) is 3.20. The molecule has 0 spiro atoms. The minimum Gasteiger partial charge on any atom is -0.463 e. The van der Waals surface area contributed by atoms with Crippen molar-refractivity contribution >= 4 is 33.4 Å². The monoisotopic (exact) mass is 358 g/mol. The van der Waals surface area contributed by atoms with E-state index in [4.69, 9.17) is 9.15 Å². The lowest BCUT2D eigenvalue weighted by Gasteiger charge is -2.07. The molecule has 6 nitrogen and oxygen atoms in total. The zero-order valence-corrected chi connectivity index (χ0v) is 14.8. The molecule has 0 bridgehead atoms. The number of aromatic nitrogens is 1. The van der Waals surface area contributed by atoms with E-state index in [9.17, 15) is 9.59 Å². The number of rotatable bonds is 6. The molecular formula is C18H18N2O4S. The second-order valence-electron chi connectivity index (χ2n) is 5.70. The first kappa shape index (κ1) is 17.2. The Kier molecular flexibility index (Phi) is 5.14. The summed E-state index contributed by atoms with van der Waals surface area (Å²) < 4.78 is 11.7. The van der Waals surface area contributed by atoms with Crippen LogP contribution < -0.4 is 5.32 Å². The van der Waals surface area contributed by atoms with Crippen LogP contribution in [0.25, 0.3) is 21.0 Å². The third-order valence-electron chi connectivity index (χ3n) is 3.32. The molecule has 0 aliphatic carbocycles. The van der Waals surface area contributed by atoms with Gasteiger partial charge in [-0.15, -0.1) is 11.3 Å². The number of thiazole rings is 1. The maximum atomic E-state index is 12.1. The highest BCUT2D eigenvalue weighted by Gasteiger charge is 2.15. The molecule has 25 heavy (non-hydrogen) atoms. The van der Waals surface area contributed by atoms with Crippen molar-refractivity contribution < 1.29 is 18.7 Å². The van der Waals surface area contributed by atoms with Gasteiger partial charge in [0.25, 0.3) is 5.91 Å². The van der Waals surface area contributed by atoms with Crippen LogP contribution in [0.1, 0.15) is 30.8 Å². The fourth-order valence-corrected chi connectivity index (χ4v) is 3.17. The quantitative estimate of drug-likeness (QED) is 0.681. The molecule has 2 heterocycles. The Morgan fingerprint density at radius 1 is 1.24 bits per heavy atom. The van der Waals surface area contributed by atoms with Crippen LogP contribution in [-0.4, -0.2) is 29.5 Å². The van der Waals surface area contributed by atoms with Crippen LogP contribution in [0, 0.1) is 0 Å². The molecule has 3 aromatic rings. The molecule has 0 aliphatic heterocycles. The van der Waals surface area contributed by atoms with Crippen molar-refractivity contribution in [3.05, 3.63) is 42.2 Å². The number of carbonyl (C=O) groups is 2. The van der Waals surface area contributed by atoms with Crippen molar-refractivity contribution in [2.75, 3.05) is 6.54 Å². The number of nitrogens with one attached hydrogen (secondary N) is 1. The van der Waals surface area contributed by atoms with Crippen LogP contribution in [0.4, 0.5) is 0 Å². The molecule has 1 N–H and O–H groups in total. The number of ether oxygens (including phenoxy) is 1. The molecular weight excluding hydrogens is 340 g/mol. The Bertz CT molecular complexity index is 864. The third kappa shape index (κ3) is 4.24. The molecule has 3 rings (SSSR count). The fourth-order valence-electron chi connectivity index (χ4n) is 2.24. The van der Waals surface area contributed by atoms with E-state index in [0.29, 0.717) is 5.76 Å². The number of amides is 1. The fraction of sp³-hybridized carbons (Fsp3) is 0.278. The highest BCUT2D eigenvalue weighted by atomic mass is 32.1. The zero-order valence-electron chi connectivity index (χ0n) is 13.9. The van der Waals surface area contributed by atoms with Gasteiger partial charge in [-0.3, -0.25) is 9.59 Å². The molecule has 7 heteroatoms. The van der Waals surface area contributed by atoms with E-state index in [-0.39, 0.29) is 36.7 Å². The molecule has 130 valence electrons. The molecule has 1 aromatic carbocycles. The topological polar surface area (TPSA) is 81.4 Å². The number of hydrogen-bond donors (Lipinski definition) is 1. The molecule has 0 saturated carbocycles. The number of nitrogens with zero attached hydrogens (tertiary/aromatic N) is 1. The maximum Gasteiger partial charge on any atom is 0.307 e. The van der Waals surface area contributed by atoms with Gasteiger partial charge < -0.3 is 14.5 Å². The molecule has 0 unspecified atom stereocenters. The number of hydrogen-bond acceptors (Lipinski definition) is 6. The van der Waals surface area contributed by atoms with Crippen molar-refractivity contribution in [2.24, 2.45) is 0 Å². The summed E-state index contributed by atoms with van der Waals surface area (Å²) in [6.45, 7) is 3.76. The van der Waals surface area contributed by atoms with Gasteiger partial charge in [0.15, 0.2) is 16.5 Å². The minimum atomic E-state index is -0.371. The highest BCUT2D eigenvalue weighted by molar-refractivity contribution is 7.21. The molecule has 0 radical (unpaired) electrons. The predicted molar refractivity (Wildman–Crippen MR) is 95.5 cm³/mol. The first-order chi connectivity index (χ1) is 12.0. The molecule has 2 aromatic heterocycles. The van der Waals surface area contributed by atoms with E-state index in [1.54, 1.807) is 26.0 Å². The number of carbonyl (C=O) groups excluding carboxylic acids is 2. The summed E-state index contributed by atoms with van der Waals surface area (Å²) in [5, 5.41) is 3.37. The van der Waals surface area contributed by atoms with Gasteiger partial charge in [0.1, 0.15) is 0 Å². The number of furan rings is 1. The second-order valence-corrected chi connectivity index (χ2v) is 6.73. The van der Waals surface area contributed by atoms with Crippen LogP contribution in [-0.2, 0) is 9.53 Å². The summed E-state index contributed by atoms with van der Waals surface area (Å²) in [5.74, 6) is 0.0201. The van der Waals surface area contributed by atoms with Crippen molar-refractivity contribution in [1.29, 1.82) is 0 Å². The Morgan fingerprint density at radius 2 is 2.04 bits per heavy atom. The first-order valence-corrected chi connectivity index (χ1v) is 8.78. The van der Waals surface area contributed by atoms with Gasteiger partial charge in [-0.25, -0.2) is 4.98 Å². The Balaban J connectivity index is 1.61. The summed E-state index contributed by atoms with van der Waals surface area (Å²) in [4.78, 5) is 28.0. The highest BCUT2D eigenvalue weighted by Crippen LogP contribution is 2.31. The van der Waals surface area contributed by atoms with Crippen LogP contribution in [0.5, 0.6) is 0 Å². The van der Waals surface area contributed by atoms with Gasteiger partial charge in [-0.1, -0.05) is 12.1 Å². The average molecular weight is 358 g/mol. The van der Waals surface area contributed by atoms with Crippen molar-refractivity contribution in [2.45, 2.75) is 26.4 Å². The van der Waals surface area contributed by atoms with Gasteiger partial charge >= 0.3 is 5.97 Å². The molecule has 0 aliphatic rings. The zero-order chi connectivity index (χ0) is 17.8. The third-order valence-corrected chi connectivity index (χ3v) is 4.37. The van der Waals surface area contributed by atoms with E-state index < -0.39 is 0 Å². The Morgan fingerprint density at radius 3 is 2.80 bits per heavy atom. The summed E-state index contributed by atoms with van der Waals surface area (Å²) in [6.07, 6.45) is -0.0420. The van der Waals surface area contributed by atoms with E-state index in [1.165, 1.54) is 11.3 Å². The van der Waals surface area contributed by atoms with Gasteiger partial charge in [-0.05, 0) is 38.1 Å². The number of benzene rings is 1. The van der Waals surface area contributed by atoms with E-state index in [1.807, 2.05) is 24.3 Å². The smallest absolute Gasteiger partial charge is 0.307 e. The lowest BCUT2D eigenvalue weighted by Crippen LogP contribution is -2.26. The summed E-state index contributed by atoms with van der Waals surface area (Å²) >= 11 is 1.51. The largest absolute Gasteiger partial charge is 0.463 e. The molecule has 0 atom stereocenters. The van der Waals surface area contributed by atoms with Crippen LogP contribution in [0.15, 0.2) is 40.8 Å². The summed E-state index contributed by atoms with van der Waals surface area (Å²) in [6, 6.07) is 11.1. The minimum absolute atomic E-state index is 0.120. The lowest BCUT2D eigenvalue weighted by atomic mass is 10.3. The second kappa shape index (κ2) is 7.48. The normalized spacial score (nSPS) is 11.0. The predicted octanol–water partition coefficient (Wildman–Crippen LogP) is 3.63. The van der Waals surface area contributed by atoms with Crippen LogP contribution >= 0.6 is 11.3 Å². The number of fused-ring (bicyclic) bond motifs is 1. The maximum absolute atomic E-state index is 12.1. The molecule has 1 amide bonds. The standard InChI is InChI=1S/C18H18N2O4S/c1-11(2)23-16(21)9-10-19-17(22)13-7-8-14(24-13)18-20-12-5-3-4-6-15(12)25-18/h3-8,11H,9-10H2,1-2H3,(H,19,22). The molecule has 0 saturated heterocycles. The van der Waals surface area contributed by atoms with Gasteiger partial charge in [0.05, 0.1) is 22.7 Å². The first-order valence-electron chi connectivity index (χ1n) is 7.96. The van der Waals surface area contributed by atoms with Crippen LogP contribution in [0.3, 0.4) is 0 Å². The van der Waals surface area contributed by atoms with E-state index >= 15 is 0 Å². The van der Waals surface area contributed by atoms with Crippen LogP contribution in [0.2, 0.25) is 0 Å². The van der Waals surface area contributed by atoms with Gasteiger partial charge in [-0.2, -0.15) is 0 Å². The Labute approximate surface area is 148 Å². The van der Waals surface area contributed by atoms with E-state index in [2.05, 4.69) is 10.3 Å². The van der Waals surface area contributed by atoms with Crippen molar-refractivity contribution in [3.63, 3.8) is 0 Å².